The number of amides is 1. The van der Waals surface area contributed by atoms with Crippen LogP contribution in [0.3, 0.4) is 0 Å². The van der Waals surface area contributed by atoms with Crippen molar-refractivity contribution in [3.8, 4) is 5.75 Å². The van der Waals surface area contributed by atoms with Gasteiger partial charge in [0.25, 0.3) is 5.91 Å². The topological polar surface area (TPSA) is 63.7 Å². The highest BCUT2D eigenvalue weighted by molar-refractivity contribution is 7.91. The maximum atomic E-state index is 13.2. The molecule has 1 atom stereocenters. The van der Waals surface area contributed by atoms with E-state index in [4.69, 9.17) is 4.74 Å². The van der Waals surface area contributed by atoms with Gasteiger partial charge in [-0.05, 0) is 49.9 Å². The molecule has 0 spiro atoms. The molecule has 2 aromatic rings. The van der Waals surface area contributed by atoms with Gasteiger partial charge in [-0.15, -0.1) is 0 Å². The van der Waals surface area contributed by atoms with Crippen LogP contribution in [0.1, 0.15) is 40.7 Å². The van der Waals surface area contributed by atoms with E-state index in [1.807, 2.05) is 42.2 Å². The molecule has 1 saturated carbocycles. The van der Waals surface area contributed by atoms with Gasteiger partial charge in [-0.1, -0.05) is 35.9 Å². The summed E-state index contributed by atoms with van der Waals surface area (Å²) in [5, 5.41) is 0. The molecule has 0 radical (unpaired) electrons. The Morgan fingerprint density at radius 3 is 2.54 bits per heavy atom. The Kier molecular flexibility index (Phi) is 5.15. The second-order valence-corrected chi connectivity index (χ2v) is 10.0. The maximum Gasteiger partial charge on any atom is 0.254 e. The molecule has 2 aromatic carbocycles. The lowest BCUT2D eigenvalue weighted by Gasteiger charge is -2.28. The van der Waals surface area contributed by atoms with Crippen LogP contribution in [-0.2, 0) is 16.4 Å². The molecule has 1 saturated heterocycles. The largest absolute Gasteiger partial charge is 0.489 e. The molecule has 148 valence electrons. The van der Waals surface area contributed by atoms with Crippen molar-refractivity contribution in [1.82, 2.24) is 4.90 Å². The SMILES string of the molecule is Cc1cccc(COc2cccc(C(=O)N(C3CC3)C3CCS(=O)(=O)C3)c2)c1. The predicted octanol–water partition coefficient (Wildman–Crippen LogP) is 3.37. The summed E-state index contributed by atoms with van der Waals surface area (Å²) in [5.74, 6) is 0.805. The lowest BCUT2D eigenvalue weighted by Crippen LogP contribution is -2.42. The first-order valence-corrected chi connectivity index (χ1v) is 11.5. The van der Waals surface area contributed by atoms with Gasteiger partial charge in [0, 0.05) is 17.6 Å². The quantitative estimate of drug-likeness (QED) is 0.747. The Labute approximate surface area is 166 Å². The Balaban J connectivity index is 1.48. The molecule has 2 aliphatic rings. The van der Waals surface area contributed by atoms with E-state index in [0.717, 1.165) is 18.4 Å². The van der Waals surface area contributed by atoms with Crippen molar-refractivity contribution in [1.29, 1.82) is 0 Å². The normalized spacial score (nSPS) is 20.7. The standard InChI is InChI=1S/C22H25NO4S/c1-16-4-2-5-17(12-16)14-27-21-7-3-6-18(13-21)22(24)23(19-8-9-19)20-10-11-28(25,26)15-20/h2-7,12-13,19-20H,8-11,14-15H2,1H3. The summed E-state index contributed by atoms with van der Waals surface area (Å²) in [7, 11) is -3.03. The Morgan fingerprint density at radius 2 is 1.86 bits per heavy atom. The number of hydrogen-bond acceptors (Lipinski definition) is 4. The molecule has 28 heavy (non-hydrogen) atoms. The van der Waals surface area contributed by atoms with Gasteiger partial charge in [0.2, 0.25) is 0 Å². The first-order valence-electron chi connectivity index (χ1n) is 9.73. The molecule has 1 unspecified atom stereocenters. The van der Waals surface area contributed by atoms with Gasteiger partial charge in [0.1, 0.15) is 12.4 Å². The van der Waals surface area contributed by atoms with E-state index < -0.39 is 9.84 Å². The molecule has 2 fully saturated rings. The molecule has 1 amide bonds. The lowest BCUT2D eigenvalue weighted by molar-refractivity contribution is 0.0680. The van der Waals surface area contributed by atoms with E-state index in [9.17, 15) is 13.2 Å². The molecule has 5 nitrogen and oxygen atoms in total. The van der Waals surface area contributed by atoms with Crippen LogP contribution in [0.4, 0.5) is 0 Å². The van der Waals surface area contributed by atoms with E-state index in [1.54, 1.807) is 12.1 Å². The zero-order valence-electron chi connectivity index (χ0n) is 16.0. The molecule has 4 rings (SSSR count). The monoisotopic (exact) mass is 399 g/mol. The molecule has 6 heteroatoms. The van der Waals surface area contributed by atoms with Crippen LogP contribution in [0, 0.1) is 6.92 Å². The fourth-order valence-corrected chi connectivity index (χ4v) is 5.53. The zero-order chi connectivity index (χ0) is 19.7. The molecular weight excluding hydrogens is 374 g/mol. The number of sulfone groups is 1. The zero-order valence-corrected chi connectivity index (χ0v) is 16.8. The Hall–Kier alpha value is -2.34. The highest BCUT2D eigenvalue weighted by atomic mass is 32.2. The Morgan fingerprint density at radius 1 is 1.07 bits per heavy atom. The van der Waals surface area contributed by atoms with Gasteiger partial charge in [-0.25, -0.2) is 8.42 Å². The number of nitrogens with zero attached hydrogens (tertiary/aromatic N) is 1. The number of aryl methyl sites for hydroxylation is 1. The van der Waals surface area contributed by atoms with Crippen molar-refractivity contribution >= 4 is 15.7 Å². The second kappa shape index (κ2) is 7.59. The summed E-state index contributed by atoms with van der Waals surface area (Å²) in [6, 6.07) is 15.3. The second-order valence-electron chi connectivity index (χ2n) is 7.81. The highest BCUT2D eigenvalue weighted by Gasteiger charge is 2.42. The van der Waals surface area contributed by atoms with Crippen LogP contribution >= 0.6 is 0 Å². The average molecular weight is 400 g/mol. The number of benzene rings is 2. The van der Waals surface area contributed by atoms with Gasteiger partial charge in [-0.3, -0.25) is 4.79 Å². The highest BCUT2D eigenvalue weighted by Crippen LogP contribution is 2.34. The van der Waals surface area contributed by atoms with Crippen LogP contribution < -0.4 is 4.74 Å². The van der Waals surface area contributed by atoms with Crippen molar-refractivity contribution in [2.45, 2.75) is 44.9 Å². The summed E-state index contributed by atoms with van der Waals surface area (Å²) in [4.78, 5) is 15.0. The molecule has 0 aromatic heterocycles. The first kappa shape index (κ1) is 19.0. The summed E-state index contributed by atoms with van der Waals surface area (Å²) >= 11 is 0. The van der Waals surface area contributed by atoms with Crippen molar-refractivity contribution < 1.29 is 17.9 Å². The minimum atomic E-state index is -3.03. The minimum Gasteiger partial charge on any atom is -0.489 e. The van der Waals surface area contributed by atoms with E-state index in [-0.39, 0.29) is 29.5 Å². The Bertz CT molecular complexity index is 982. The van der Waals surface area contributed by atoms with Gasteiger partial charge < -0.3 is 9.64 Å². The minimum absolute atomic E-state index is 0.0821. The summed E-state index contributed by atoms with van der Waals surface area (Å²) < 4.78 is 29.7. The number of carbonyl (C=O) groups excluding carboxylic acids is 1. The number of carbonyl (C=O) groups is 1. The third-order valence-corrected chi connectivity index (χ3v) is 7.10. The fraction of sp³-hybridized carbons (Fsp3) is 0.409. The molecule has 1 heterocycles. The van der Waals surface area contributed by atoms with Gasteiger partial charge >= 0.3 is 0 Å². The van der Waals surface area contributed by atoms with Crippen molar-refractivity contribution in [3.05, 3.63) is 65.2 Å². The van der Waals surface area contributed by atoms with Gasteiger partial charge in [-0.2, -0.15) is 0 Å². The van der Waals surface area contributed by atoms with Gasteiger partial charge in [0.05, 0.1) is 11.5 Å². The van der Waals surface area contributed by atoms with Crippen LogP contribution in [0.25, 0.3) is 0 Å². The smallest absolute Gasteiger partial charge is 0.254 e. The lowest BCUT2D eigenvalue weighted by atomic mass is 10.1. The molecule has 1 aliphatic heterocycles. The first-order chi connectivity index (χ1) is 13.4. The predicted molar refractivity (Wildman–Crippen MR) is 108 cm³/mol. The summed E-state index contributed by atoms with van der Waals surface area (Å²) in [5.41, 5.74) is 2.81. The van der Waals surface area contributed by atoms with Crippen molar-refractivity contribution in [2.24, 2.45) is 0 Å². The number of hydrogen-bond donors (Lipinski definition) is 0. The third-order valence-electron chi connectivity index (χ3n) is 5.35. The van der Waals surface area contributed by atoms with E-state index in [0.29, 0.717) is 24.3 Å². The summed E-state index contributed by atoms with van der Waals surface area (Å²) in [6.07, 6.45) is 2.44. The van der Waals surface area contributed by atoms with Crippen molar-refractivity contribution in [2.75, 3.05) is 11.5 Å². The third kappa shape index (κ3) is 4.38. The van der Waals surface area contributed by atoms with Crippen LogP contribution in [0.15, 0.2) is 48.5 Å². The fourth-order valence-electron chi connectivity index (χ4n) is 3.81. The van der Waals surface area contributed by atoms with Crippen LogP contribution in [0.5, 0.6) is 5.75 Å². The van der Waals surface area contributed by atoms with E-state index >= 15 is 0 Å². The van der Waals surface area contributed by atoms with Crippen molar-refractivity contribution in [3.63, 3.8) is 0 Å². The number of ether oxygens (including phenoxy) is 1. The van der Waals surface area contributed by atoms with Crippen LogP contribution in [0.2, 0.25) is 0 Å². The average Bonchev–Trinajstić information content (AvgIpc) is 3.43. The van der Waals surface area contributed by atoms with E-state index in [1.165, 1.54) is 5.56 Å². The molecule has 0 N–H and O–H groups in total. The van der Waals surface area contributed by atoms with Gasteiger partial charge in [0.15, 0.2) is 9.84 Å². The molecule has 0 bridgehead atoms. The van der Waals surface area contributed by atoms with Crippen LogP contribution in [-0.4, -0.2) is 42.8 Å². The summed E-state index contributed by atoms with van der Waals surface area (Å²) in [6.45, 7) is 2.48. The maximum absolute atomic E-state index is 13.2. The van der Waals surface area contributed by atoms with E-state index in [2.05, 4.69) is 6.07 Å². The number of rotatable bonds is 6. The molecular formula is C22H25NO4S. The molecule has 1 aliphatic carbocycles.